The zero-order valence-electron chi connectivity index (χ0n) is 2.08. The summed E-state index contributed by atoms with van der Waals surface area (Å²) in [6.07, 6.45) is -2.10. The van der Waals surface area contributed by atoms with Gasteiger partial charge in [-0.15, -0.1) is 13.3 Å². The molecule has 0 bridgehead atoms. The van der Waals surface area contributed by atoms with Crippen LogP contribution in [0.4, 0.5) is 8.78 Å². The van der Waals surface area contributed by atoms with E-state index in [4.69, 9.17) is 0 Å². The molecule has 0 aromatic heterocycles. The van der Waals surface area contributed by atoms with Gasteiger partial charge in [-0.25, -0.2) is 0 Å². The van der Waals surface area contributed by atoms with Crippen LogP contribution < -0.4 is 0 Å². The highest BCUT2D eigenvalue weighted by molar-refractivity contribution is 6.18. The van der Waals surface area contributed by atoms with E-state index in [1.54, 1.807) is 0 Å². The second-order valence-corrected chi connectivity index (χ2v) is 0.494. The zero-order chi connectivity index (χ0) is 4.28. The van der Waals surface area contributed by atoms with Crippen molar-refractivity contribution in [1.29, 1.82) is 0 Å². The molecule has 0 aromatic carbocycles. The quantitative estimate of drug-likeness (QED) is 0.408. The van der Waals surface area contributed by atoms with Crippen molar-refractivity contribution in [1.82, 2.24) is 0 Å². The fourth-order valence-corrected chi connectivity index (χ4v) is 0. The highest BCUT2D eigenvalue weighted by Crippen LogP contribution is 1.82. The topological polar surface area (TPSA) is 12.4 Å². The summed E-state index contributed by atoms with van der Waals surface area (Å²) < 4.78 is 22.7. The molecule has 0 saturated heterocycles. The van der Waals surface area contributed by atoms with Crippen LogP contribution in [-0.2, 0) is 0 Å². The summed E-state index contributed by atoms with van der Waals surface area (Å²) in [6, 6.07) is 0. The predicted molar refractivity (Wildman–Crippen MR) is 15.5 cm³/mol. The monoisotopic (exact) mass is 99.0 g/mol. The summed E-state index contributed by atoms with van der Waals surface area (Å²) in [4.78, 5) is 0. The zero-order valence-corrected chi connectivity index (χ0v) is 2.84. The van der Waals surface area contributed by atoms with Crippen molar-refractivity contribution in [2.75, 3.05) is 0 Å². The van der Waals surface area contributed by atoms with Crippen molar-refractivity contribution < 1.29 is 8.78 Å². The first kappa shape index (κ1) is 4.82. The first-order chi connectivity index (χ1) is 2.27. The van der Waals surface area contributed by atoms with Gasteiger partial charge in [-0.2, -0.15) is 0 Å². The Bertz CT molecular complexity index is 47.6. The van der Waals surface area contributed by atoms with Gasteiger partial charge < -0.3 is 0 Å². The third kappa shape index (κ3) is 3.82. The van der Waals surface area contributed by atoms with Gasteiger partial charge in [-0.05, 0) is 0 Å². The molecular formula is CClF2N. The van der Waals surface area contributed by atoms with Crippen LogP contribution in [0.1, 0.15) is 0 Å². The summed E-state index contributed by atoms with van der Waals surface area (Å²) in [5.41, 5.74) is 0. The highest BCUT2D eigenvalue weighted by Gasteiger charge is 1.79. The molecule has 0 radical (unpaired) electrons. The maximum Gasteiger partial charge on any atom is 0.376 e. The lowest BCUT2D eigenvalue weighted by Gasteiger charge is -1.59. The van der Waals surface area contributed by atoms with Crippen LogP contribution in [0.3, 0.4) is 0 Å². The summed E-state index contributed by atoms with van der Waals surface area (Å²) in [5.74, 6) is 0. The maximum absolute atomic E-state index is 10.4. The lowest BCUT2D eigenvalue weighted by Crippen LogP contribution is -1.62. The number of nitrogens with zero attached hydrogens (tertiary/aromatic N) is 1. The van der Waals surface area contributed by atoms with Crippen molar-refractivity contribution in [3.05, 3.63) is 0 Å². The van der Waals surface area contributed by atoms with Gasteiger partial charge in [0.2, 0.25) is 0 Å². The third-order valence-corrected chi connectivity index (χ3v) is 0.192. The van der Waals surface area contributed by atoms with Crippen LogP contribution in [0.2, 0.25) is 0 Å². The van der Waals surface area contributed by atoms with E-state index in [-0.39, 0.29) is 0 Å². The minimum absolute atomic E-state index is 1.94. The van der Waals surface area contributed by atoms with Crippen molar-refractivity contribution in [3.8, 4) is 0 Å². The van der Waals surface area contributed by atoms with Crippen LogP contribution in [0.15, 0.2) is 4.51 Å². The Morgan fingerprint density at radius 1 is 1.60 bits per heavy atom. The molecule has 0 aliphatic carbocycles. The third-order valence-electron chi connectivity index (χ3n) is 0.0639. The molecule has 0 aliphatic rings. The number of halogens is 3. The van der Waals surface area contributed by atoms with Crippen LogP contribution in [0.25, 0.3) is 0 Å². The van der Waals surface area contributed by atoms with Gasteiger partial charge in [0, 0.05) is 11.8 Å². The number of rotatable bonds is 0. The Morgan fingerprint density at radius 2 is 1.80 bits per heavy atom. The molecule has 0 saturated carbocycles. The molecule has 0 aliphatic heterocycles. The van der Waals surface area contributed by atoms with Crippen molar-refractivity contribution in [2.45, 2.75) is 0 Å². The largest absolute Gasteiger partial charge is 0.376 e. The van der Waals surface area contributed by atoms with E-state index in [1.165, 1.54) is 0 Å². The van der Waals surface area contributed by atoms with Crippen molar-refractivity contribution >= 4 is 18.0 Å². The molecule has 0 spiro atoms. The Kier molecular flexibility index (Phi) is 2.01. The van der Waals surface area contributed by atoms with Gasteiger partial charge in [0.15, 0.2) is 0 Å². The lowest BCUT2D eigenvalue weighted by atomic mass is 11.5. The van der Waals surface area contributed by atoms with Crippen LogP contribution in [-0.4, -0.2) is 6.22 Å². The average molecular weight is 99.5 g/mol. The van der Waals surface area contributed by atoms with Gasteiger partial charge in [-0.1, -0.05) is 0 Å². The second-order valence-electron chi connectivity index (χ2n) is 0.325. The molecule has 0 unspecified atom stereocenters. The van der Waals surface area contributed by atoms with Crippen LogP contribution in [0, 0.1) is 0 Å². The first-order valence-electron chi connectivity index (χ1n) is 0.771. The van der Waals surface area contributed by atoms with E-state index >= 15 is 0 Å². The number of hydrogen-bond acceptors (Lipinski definition) is 1. The molecule has 5 heavy (non-hydrogen) atoms. The second kappa shape index (κ2) is 2.08. The molecule has 1 nitrogen and oxygen atoms in total. The maximum atomic E-state index is 10.4. The molecule has 0 heterocycles. The molecule has 0 rings (SSSR count). The van der Waals surface area contributed by atoms with Crippen molar-refractivity contribution in [2.24, 2.45) is 4.51 Å². The summed E-state index contributed by atoms with van der Waals surface area (Å²) >= 11 is 4.17. The SMILES string of the molecule is FC(F)=NCl. The highest BCUT2D eigenvalue weighted by atomic mass is 35.5. The Balaban J connectivity index is 3.14. The normalized spacial score (nSPS) is 7.00. The lowest BCUT2D eigenvalue weighted by molar-refractivity contribution is 0.619. The molecule has 0 N–H and O–H groups in total. The van der Waals surface area contributed by atoms with E-state index < -0.39 is 6.22 Å². The van der Waals surface area contributed by atoms with Gasteiger partial charge in [0.05, 0.1) is 0 Å². The van der Waals surface area contributed by atoms with Crippen LogP contribution in [0.5, 0.6) is 0 Å². The summed E-state index contributed by atoms with van der Waals surface area (Å²) in [5, 5.41) is 0. The fraction of sp³-hybridized carbons (Fsp3) is 0. The summed E-state index contributed by atoms with van der Waals surface area (Å²) in [6.45, 7) is 0. The van der Waals surface area contributed by atoms with Gasteiger partial charge in [0.25, 0.3) is 0 Å². The first-order valence-corrected chi connectivity index (χ1v) is 1.11. The fourth-order valence-electron chi connectivity index (χ4n) is 0. The van der Waals surface area contributed by atoms with Crippen molar-refractivity contribution in [3.63, 3.8) is 0 Å². The van der Waals surface area contributed by atoms with Crippen LogP contribution >= 0.6 is 11.8 Å². The van der Waals surface area contributed by atoms with Gasteiger partial charge in [0.1, 0.15) is 0 Å². The molecule has 0 fully saturated rings. The van der Waals surface area contributed by atoms with Gasteiger partial charge >= 0.3 is 6.22 Å². The van der Waals surface area contributed by atoms with E-state index in [1.807, 2.05) is 4.51 Å². The molecule has 0 amide bonds. The molecular weight excluding hydrogens is 99.5 g/mol. The Morgan fingerprint density at radius 3 is 1.80 bits per heavy atom. The van der Waals surface area contributed by atoms with Gasteiger partial charge in [-0.3, -0.25) is 0 Å². The predicted octanol–water partition coefficient (Wildman–Crippen LogP) is 1.44. The molecule has 0 aromatic rings. The standard InChI is InChI=1S/CClF2N/c2-5-1(3)4. The Labute approximate surface area is 32.4 Å². The molecule has 4 heteroatoms. The smallest absolute Gasteiger partial charge is 0.149 e. The van der Waals surface area contributed by atoms with E-state index in [9.17, 15) is 8.78 Å². The Hall–Kier alpha value is -0.180. The van der Waals surface area contributed by atoms with E-state index in [2.05, 4.69) is 11.8 Å². The van der Waals surface area contributed by atoms with E-state index in [0.717, 1.165) is 0 Å². The minimum atomic E-state index is -2.10. The number of hydrogen-bond donors (Lipinski definition) is 0. The molecule has 30 valence electrons. The van der Waals surface area contributed by atoms with E-state index in [0.29, 0.717) is 0 Å². The average Bonchev–Trinajstić information content (AvgIpc) is 1.38. The minimum Gasteiger partial charge on any atom is -0.149 e. The summed E-state index contributed by atoms with van der Waals surface area (Å²) in [7, 11) is 0. The molecule has 0 atom stereocenters.